The van der Waals surface area contributed by atoms with Gasteiger partial charge in [0.25, 0.3) is 0 Å². The zero-order chi connectivity index (χ0) is 15.1. The van der Waals surface area contributed by atoms with Crippen molar-refractivity contribution in [2.45, 2.75) is 26.4 Å². The summed E-state index contributed by atoms with van der Waals surface area (Å²) in [6.07, 6.45) is 0. The highest BCUT2D eigenvalue weighted by Gasteiger charge is 1.98. The number of guanidine groups is 1. The second-order valence-electron chi connectivity index (χ2n) is 5.06. The van der Waals surface area contributed by atoms with Crippen LogP contribution in [-0.4, -0.2) is 12.0 Å². The zero-order valence-corrected chi connectivity index (χ0v) is 15.2. The molecule has 2 aromatic carbocycles. The van der Waals surface area contributed by atoms with Gasteiger partial charge in [-0.2, -0.15) is 0 Å². The quantitative estimate of drug-likeness (QED) is 0.446. The number of rotatable bonds is 5. The molecule has 22 heavy (non-hydrogen) atoms. The topological polar surface area (TPSA) is 59.6 Å². The Hall–Kier alpha value is -1.76. The van der Waals surface area contributed by atoms with Gasteiger partial charge >= 0.3 is 0 Å². The Morgan fingerprint density at radius 2 is 1.64 bits per heavy atom. The van der Waals surface area contributed by atoms with Gasteiger partial charge in [-0.3, -0.25) is 0 Å². The van der Waals surface area contributed by atoms with E-state index < -0.39 is 0 Å². The molecule has 4 nitrogen and oxygen atoms in total. The molecule has 0 atom stereocenters. The normalized spacial score (nSPS) is 11.0. The summed E-state index contributed by atoms with van der Waals surface area (Å²) in [5, 5.41) is 3.06. The molecular weight excluding hydrogens is 389 g/mol. The summed E-state index contributed by atoms with van der Waals surface area (Å²) in [6, 6.07) is 17.8. The standard InChI is InChI=1S/C17H21N3O.HI/c1-13(2)20-17(18)19-12-14-8-10-16(11-9-14)21-15-6-4-3-5-7-15;/h3-11,13H,12H2,1-2H3,(H3,18,19,20);1H. The molecule has 0 saturated carbocycles. The Morgan fingerprint density at radius 1 is 1.05 bits per heavy atom. The van der Waals surface area contributed by atoms with E-state index in [1.165, 1.54) is 0 Å². The summed E-state index contributed by atoms with van der Waals surface area (Å²) < 4.78 is 5.74. The third-order valence-electron chi connectivity index (χ3n) is 2.77. The number of benzene rings is 2. The lowest BCUT2D eigenvalue weighted by Crippen LogP contribution is -2.36. The van der Waals surface area contributed by atoms with Crippen molar-refractivity contribution in [1.29, 1.82) is 0 Å². The lowest BCUT2D eigenvalue weighted by Gasteiger charge is -2.09. The highest BCUT2D eigenvalue weighted by molar-refractivity contribution is 14.0. The number of ether oxygens (including phenoxy) is 1. The van der Waals surface area contributed by atoms with Gasteiger partial charge in [0.1, 0.15) is 11.5 Å². The van der Waals surface area contributed by atoms with Gasteiger partial charge in [0.05, 0.1) is 6.54 Å². The molecule has 0 aliphatic heterocycles. The molecule has 0 aliphatic carbocycles. The fraction of sp³-hybridized carbons (Fsp3) is 0.235. The van der Waals surface area contributed by atoms with Gasteiger partial charge in [-0.25, -0.2) is 4.99 Å². The van der Waals surface area contributed by atoms with Gasteiger partial charge in [-0.1, -0.05) is 30.3 Å². The second-order valence-corrected chi connectivity index (χ2v) is 5.06. The summed E-state index contributed by atoms with van der Waals surface area (Å²) in [5.41, 5.74) is 6.86. The number of halogens is 1. The molecule has 0 radical (unpaired) electrons. The monoisotopic (exact) mass is 411 g/mol. The number of nitrogens with one attached hydrogen (secondary N) is 1. The highest BCUT2D eigenvalue weighted by atomic mass is 127. The van der Waals surface area contributed by atoms with Crippen molar-refractivity contribution in [3.05, 3.63) is 60.2 Å². The first-order chi connectivity index (χ1) is 10.1. The van der Waals surface area contributed by atoms with Crippen LogP contribution in [0.3, 0.4) is 0 Å². The SMILES string of the molecule is CC(C)NC(N)=NCc1ccc(Oc2ccccc2)cc1.I. The Kier molecular flexibility index (Phi) is 7.73. The molecule has 0 fully saturated rings. The van der Waals surface area contributed by atoms with Crippen molar-refractivity contribution in [2.24, 2.45) is 10.7 Å². The van der Waals surface area contributed by atoms with Gasteiger partial charge in [0.2, 0.25) is 0 Å². The van der Waals surface area contributed by atoms with Crippen LogP contribution in [0.1, 0.15) is 19.4 Å². The minimum Gasteiger partial charge on any atom is -0.457 e. The average molecular weight is 411 g/mol. The molecular formula is C17H22IN3O. The third kappa shape index (κ3) is 6.34. The first-order valence-corrected chi connectivity index (χ1v) is 7.02. The number of nitrogens with zero attached hydrogens (tertiary/aromatic N) is 1. The molecule has 0 bridgehead atoms. The van der Waals surface area contributed by atoms with E-state index in [0.717, 1.165) is 17.1 Å². The van der Waals surface area contributed by atoms with Crippen LogP contribution in [0.15, 0.2) is 59.6 Å². The maximum absolute atomic E-state index is 5.77. The molecule has 0 spiro atoms. The van der Waals surface area contributed by atoms with E-state index in [4.69, 9.17) is 10.5 Å². The fourth-order valence-corrected chi connectivity index (χ4v) is 1.81. The van der Waals surface area contributed by atoms with E-state index in [1.54, 1.807) is 0 Å². The molecule has 0 heterocycles. The van der Waals surface area contributed by atoms with Crippen LogP contribution in [-0.2, 0) is 6.54 Å². The van der Waals surface area contributed by atoms with Crippen molar-refractivity contribution in [3.63, 3.8) is 0 Å². The molecule has 2 rings (SSSR count). The molecule has 0 saturated heterocycles. The predicted octanol–water partition coefficient (Wildman–Crippen LogP) is 3.91. The van der Waals surface area contributed by atoms with Gasteiger partial charge in [0, 0.05) is 6.04 Å². The highest BCUT2D eigenvalue weighted by Crippen LogP contribution is 2.21. The Labute approximate surface area is 148 Å². The van der Waals surface area contributed by atoms with Crippen LogP contribution in [0.4, 0.5) is 0 Å². The van der Waals surface area contributed by atoms with Crippen LogP contribution < -0.4 is 15.8 Å². The molecule has 2 aromatic rings. The molecule has 3 N–H and O–H groups in total. The second kappa shape index (κ2) is 9.30. The molecule has 0 aliphatic rings. The van der Waals surface area contributed by atoms with E-state index >= 15 is 0 Å². The van der Waals surface area contributed by atoms with Crippen LogP contribution in [0.5, 0.6) is 11.5 Å². The summed E-state index contributed by atoms with van der Waals surface area (Å²) in [6.45, 7) is 4.60. The van der Waals surface area contributed by atoms with E-state index in [9.17, 15) is 0 Å². The maximum Gasteiger partial charge on any atom is 0.189 e. The summed E-state index contributed by atoms with van der Waals surface area (Å²) in [7, 11) is 0. The number of para-hydroxylation sites is 1. The van der Waals surface area contributed by atoms with Crippen molar-refractivity contribution in [1.82, 2.24) is 5.32 Å². The number of hydrogen-bond acceptors (Lipinski definition) is 2. The van der Waals surface area contributed by atoms with E-state index in [0.29, 0.717) is 12.5 Å². The van der Waals surface area contributed by atoms with E-state index in [2.05, 4.69) is 10.3 Å². The summed E-state index contributed by atoms with van der Waals surface area (Å²) in [4.78, 5) is 4.29. The van der Waals surface area contributed by atoms with Gasteiger partial charge in [-0.05, 0) is 43.7 Å². The van der Waals surface area contributed by atoms with Crippen molar-refractivity contribution in [3.8, 4) is 11.5 Å². The van der Waals surface area contributed by atoms with Crippen molar-refractivity contribution < 1.29 is 4.74 Å². The van der Waals surface area contributed by atoms with Gasteiger partial charge < -0.3 is 15.8 Å². The van der Waals surface area contributed by atoms with Crippen LogP contribution in [0.25, 0.3) is 0 Å². The summed E-state index contributed by atoms with van der Waals surface area (Å²) >= 11 is 0. The fourth-order valence-electron chi connectivity index (χ4n) is 1.81. The lowest BCUT2D eigenvalue weighted by molar-refractivity contribution is 0.482. The Balaban J connectivity index is 0.00000242. The number of nitrogens with two attached hydrogens (primary N) is 1. The molecule has 5 heteroatoms. The van der Waals surface area contributed by atoms with Crippen molar-refractivity contribution >= 4 is 29.9 Å². The summed E-state index contributed by atoms with van der Waals surface area (Å²) in [5.74, 6) is 2.10. The first-order valence-electron chi connectivity index (χ1n) is 7.02. The van der Waals surface area contributed by atoms with Crippen LogP contribution >= 0.6 is 24.0 Å². The van der Waals surface area contributed by atoms with Crippen LogP contribution in [0.2, 0.25) is 0 Å². The number of aliphatic imine (C=N–C) groups is 1. The molecule has 0 amide bonds. The van der Waals surface area contributed by atoms with Gasteiger partial charge in [0.15, 0.2) is 5.96 Å². The third-order valence-corrected chi connectivity index (χ3v) is 2.77. The Bertz CT molecular complexity index is 583. The molecule has 0 unspecified atom stereocenters. The van der Waals surface area contributed by atoms with E-state index in [1.807, 2.05) is 68.4 Å². The predicted molar refractivity (Wildman–Crippen MR) is 102 cm³/mol. The minimum atomic E-state index is 0. The Morgan fingerprint density at radius 3 is 2.23 bits per heavy atom. The zero-order valence-electron chi connectivity index (χ0n) is 12.8. The average Bonchev–Trinajstić information content (AvgIpc) is 2.47. The minimum absolute atomic E-state index is 0. The largest absolute Gasteiger partial charge is 0.457 e. The maximum atomic E-state index is 5.77. The van der Waals surface area contributed by atoms with Gasteiger partial charge in [-0.15, -0.1) is 24.0 Å². The molecule has 118 valence electrons. The van der Waals surface area contributed by atoms with Crippen molar-refractivity contribution in [2.75, 3.05) is 0 Å². The first kappa shape index (κ1) is 18.3. The smallest absolute Gasteiger partial charge is 0.189 e. The molecule has 0 aromatic heterocycles. The van der Waals surface area contributed by atoms with Crippen LogP contribution in [0, 0.1) is 0 Å². The lowest BCUT2D eigenvalue weighted by atomic mass is 10.2. The van der Waals surface area contributed by atoms with E-state index in [-0.39, 0.29) is 30.0 Å². The number of hydrogen-bond donors (Lipinski definition) is 2.